The van der Waals surface area contributed by atoms with Crippen LogP contribution in [-0.4, -0.2) is 57.7 Å². The molecule has 0 bridgehead atoms. The predicted octanol–water partition coefficient (Wildman–Crippen LogP) is 3.99. The highest BCUT2D eigenvalue weighted by Crippen LogP contribution is 2.26. The lowest BCUT2D eigenvalue weighted by Gasteiger charge is -2.30. The smallest absolute Gasteiger partial charge is 0.417 e. The Morgan fingerprint density at radius 3 is 2.21 bits per heavy atom. The summed E-state index contributed by atoms with van der Waals surface area (Å²) in [5.74, 6) is -0.383. The highest BCUT2D eigenvalue weighted by molar-refractivity contribution is 7.89. The van der Waals surface area contributed by atoms with E-state index in [0.717, 1.165) is 12.7 Å². The summed E-state index contributed by atoms with van der Waals surface area (Å²) >= 11 is 0. The summed E-state index contributed by atoms with van der Waals surface area (Å²) in [5, 5.41) is 2.76. The van der Waals surface area contributed by atoms with Crippen LogP contribution < -0.4 is 10.1 Å². The van der Waals surface area contributed by atoms with Gasteiger partial charge in [-0.15, -0.1) is 0 Å². The molecule has 1 N–H and O–H groups in total. The number of nitrogens with one attached hydrogen (secondary N) is 1. The molecule has 3 rings (SSSR count). The molecule has 11 heteroatoms. The molecule has 186 valence electrons. The van der Waals surface area contributed by atoms with E-state index in [4.69, 9.17) is 4.74 Å². The number of ether oxygens (including phenoxy) is 2. The van der Waals surface area contributed by atoms with Crippen molar-refractivity contribution in [1.82, 2.24) is 4.31 Å². The Balaban J connectivity index is 1.50. The first-order chi connectivity index (χ1) is 16.0. The summed E-state index contributed by atoms with van der Waals surface area (Å²) in [6.45, 7) is 1.67. The Morgan fingerprint density at radius 2 is 1.68 bits per heavy atom. The monoisotopic (exact) mass is 500 g/mol. The fraction of sp³-hybridized carbons (Fsp3) is 0.435. The lowest BCUT2D eigenvalue weighted by Crippen LogP contribution is -2.41. The molecule has 1 aliphatic heterocycles. The fourth-order valence-electron chi connectivity index (χ4n) is 3.56. The second-order valence-corrected chi connectivity index (χ2v) is 10.0. The van der Waals surface area contributed by atoms with Gasteiger partial charge < -0.3 is 14.8 Å². The van der Waals surface area contributed by atoms with Gasteiger partial charge in [-0.25, -0.2) is 8.42 Å². The zero-order valence-electron chi connectivity index (χ0n) is 18.8. The molecular weight excluding hydrogens is 473 g/mol. The third kappa shape index (κ3) is 6.49. The molecule has 1 atom stereocenters. The quantitative estimate of drug-likeness (QED) is 0.593. The number of halogens is 3. The van der Waals surface area contributed by atoms with E-state index in [9.17, 15) is 26.4 Å². The minimum Gasteiger partial charge on any atom is -0.491 e. The molecule has 1 amide bonds. The fourth-order valence-corrected chi connectivity index (χ4v) is 5.03. The van der Waals surface area contributed by atoms with Crippen molar-refractivity contribution in [2.75, 3.05) is 32.1 Å². The van der Waals surface area contributed by atoms with Crippen LogP contribution in [0.4, 0.5) is 18.9 Å². The number of hydrogen-bond donors (Lipinski definition) is 1. The lowest BCUT2D eigenvalue weighted by atomic mass is 9.97. The minimum absolute atomic E-state index is 0.207. The molecule has 1 aliphatic rings. The maximum atomic E-state index is 12.8. The van der Waals surface area contributed by atoms with Gasteiger partial charge in [0.1, 0.15) is 12.4 Å². The summed E-state index contributed by atoms with van der Waals surface area (Å²) in [5.41, 5.74) is 1.43. The van der Waals surface area contributed by atoms with E-state index in [1.807, 2.05) is 6.92 Å². The van der Waals surface area contributed by atoms with Gasteiger partial charge in [0, 0.05) is 31.8 Å². The molecule has 0 saturated carbocycles. The van der Waals surface area contributed by atoms with Crippen molar-refractivity contribution < 1.29 is 35.9 Å². The van der Waals surface area contributed by atoms with Gasteiger partial charge >= 0.3 is 6.18 Å². The van der Waals surface area contributed by atoms with Crippen LogP contribution in [0.2, 0.25) is 0 Å². The van der Waals surface area contributed by atoms with Gasteiger partial charge in [-0.3, -0.25) is 4.79 Å². The molecule has 34 heavy (non-hydrogen) atoms. The first kappa shape index (κ1) is 26.0. The van der Waals surface area contributed by atoms with Crippen LogP contribution in [-0.2, 0) is 19.6 Å². The Morgan fingerprint density at radius 1 is 1.09 bits per heavy atom. The van der Waals surface area contributed by atoms with E-state index in [-0.39, 0.29) is 35.6 Å². The van der Waals surface area contributed by atoms with E-state index in [0.29, 0.717) is 18.5 Å². The van der Waals surface area contributed by atoms with Crippen molar-refractivity contribution in [3.63, 3.8) is 0 Å². The molecule has 2 aromatic rings. The molecule has 0 radical (unpaired) electrons. The number of benzene rings is 2. The summed E-state index contributed by atoms with van der Waals surface area (Å²) in [6, 6.07) is 12.6. The molecule has 1 unspecified atom stereocenters. The number of piperidine rings is 1. The zero-order chi connectivity index (χ0) is 24.9. The van der Waals surface area contributed by atoms with Crippen LogP contribution in [0.25, 0.3) is 0 Å². The number of amides is 1. The van der Waals surface area contributed by atoms with Crippen LogP contribution in [0.1, 0.15) is 18.4 Å². The first-order valence-electron chi connectivity index (χ1n) is 10.7. The van der Waals surface area contributed by atoms with E-state index in [1.54, 1.807) is 24.3 Å². The molecule has 1 fully saturated rings. The number of aryl methyl sites for hydroxylation is 1. The Kier molecular flexibility index (Phi) is 8.21. The number of methoxy groups -OCH3 is 1. The average Bonchev–Trinajstić information content (AvgIpc) is 2.80. The Bertz CT molecular complexity index is 1070. The van der Waals surface area contributed by atoms with Crippen LogP contribution >= 0.6 is 0 Å². The number of carbonyl (C=O) groups excluding carboxylic acids is 1. The van der Waals surface area contributed by atoms with Gasteiger partial charge in [0.2, 0.25) is 15.9 Å². The summed E-state index contributed by atoms with van der Waals surface area (Å²) in [4.78, 5) is 12.9. The Labute approximate surface area is 196 Å². The maximum Gasteiger partial charge on any atom is 0.417 e. The normalized spacial score (nSPS) is 16.7. The van der Waals surface area contributed by atoms with Crippen molar-refractivity contribution in [1.29, 1.82) is 0 Å². The number of rotatable bonds is 8. The minimum atomic E-state index is -4.53. The average molecular weight is 501 g/mol. The Hall–Kier alpha value is -2.63. The largest absolute Gasteiger partial charge is 0.491 e. The lowest BCUT2D eigenvalue weighted by molar-refractivity contribution is -0.219. The van der Waals surface area contributed by atoms with E-state index in [2.05, 4.69) is 10.1 Å². The topological polar surface area (TPSA) is 84.9 Å². The van der Waals surface area contributed by atoms with E-state index >= 15 is 0 Å². The molecule has 0 aliphatic carbocycles. The number of sulfonamides is 1. The highest BCUT2D eigenvalue weighted by Gasteiger charge is 2.40. The van der Waals surface area contributed by atoms with Crippen molar-refractivity contribution >= 4 is 21.6 Å². The third-order valence-corrected chi connectivity index (χ3v) is 7.57. The molecule has 0 aromatic heterocycles. The molecule has 2 aromatic carbocycles. The highest BCUT2D eigenvalue weighted by atomic mass is 32.2. The summed E-state index contributed by atoms with van der Waals surface area (Å²) in [6.07, 6.45) is -5.80. The third-order valence-electron chi connectivity index (χ3n) is 5.66. The van der Waals surface area contributed by atoms with Crippen LogP contribution in [0, 0.1) is 12.8 Å². The van der Waals surface area contributed by atoms with E-state index < -0.39 is 28.9 Å². The van der Waals surface area contributed by atoms with Crippen molar-refractivity contribution in [2.45, 2.75) is 36.9 Å². The van der Waals surface area contributed by atoms with Gasteiger partial charge in [0.05, 0.1) is 4.90 Å². The first-order valence-corrected chi connectivity index (χ1v) is 12.1. The van der Waals surface area contributed by atoms with Gasteiger partial charge in [0.25, 0.3) is 0 Å². The number of anilines is 1. The molecule has 0 spiro atoms. The van der Waals surface area contributed by atoms with Crippen molar-refractivity contribution in [2.24, 2.45) is 5.92 Å². The zero-order valence-corrected chi connectivity index (χ0v) is 19.7. The maximum absolute atomic E-state index is 12.8. The second kappa shape index (κ2) is 10.7. The van der Waals surface area contributed by atoms with Crippen LogP contribution in [0.5, 0.6) is 5.75 Å². The summed E-state index contributed by atoms with van der Waals surface area (Å²) < 4.78 is 74.7. The molecular formula is C23H27F3N2O5S. The number of hydrogen-bond acceptors (Lipinski definition) is 5. The number of nitrogens with zero attached hydrogens (tertiary/aromatic N) is 1. The van der Waals surface area contributed by atoms with Gasteiger partial charge in [-0.05, 0) is 56.2 Å². The predicted molar refractivity (Wildman–Crippen MR) is 120 cm³/mol. The van der Waals surface area contributed by atoms with Crippen LogP contribution in [0.15, 0.2) is 53.4 Å². The van der Waals surface area contributed by atoms with Gasteiger partial charge in [0.15, 0.2) is 6.10 Å². The molecule has 7 nitrogen and oxygen atoms in total. The van der Waals surface area contributed by atoms with E-state index in [1.165, 1.54) is 28.6 Å². The number of alkyl halides is 3. The standard InChI is InChI=1S/C23H27F3N2O5S/c1-16-3-9-20(10-4-16)34(30,31)28-13-11-17(12-14-28)22(29)27-18-5-7-19(8-6-18)33-15-21(32-2)23(24,25)26/h3-10,17,21H,11-15H2,1-2H3,(H,27,29). The SMILES string of the molecule is COC(COc1ccc(NC(=O)C2CCN(S(=O)(=O)c3ccc(C)cc3)CC2)cc1)C(F)(F)F. The molecule has 1 heterocycles. The van der Waals surface area contributed by atoms with Crippen molar-refractivity contribution in [3.8, 4) is 5.75 Å². The van der Waals surface area contributed by atoms with Gasteiger partial charge in [-0.1, -0.05) is 17.7 Å². The van der Waals surface area contributed by atoms with Crippen molar-refractivity contribution in [3.05, 3.63) is 54.1 Å². The summed E-state index contributed by atoms with van der Waals surface area (Å²) in [7, 11) is -2.65. The number of carbonyl (C=O) groups is 1. The van der Waals surface area contributed by atoms with Gasteiger partial charge in [-0.2, -0.15) is 17.5 Å². The molecule has 1 saturated heterocycles. The van der Waals surface area contributed by atoms with Crippen LogP contribution in [0.3, 0.4) is 0 Å². The second-order valence-electron chi connectivity index (χ2n) is 8.08.